The minimum atomic E-state index is -0.0931. The van der Waals surface area contributed by atoms with Crippen LogP contribution in [0, 0.1) is 0 Å². The molecular formula is C14H24N2O2S. The topological polar surface area (TPSA) is 43.4 Å². The number of hydrogen-bond donors (Lipinski definition) is 1. The minimum absolute atomic E-state index is 0.0931. The van der Waals surface area contributed by atoms with E-state index in [1.807, 2.05) is 0 Å². The maximum absolute atomic E-state index is 6.04. The minimum Gasteiger partial charge on any atom is -0.383 e. The molecule has 1 aromatic heterocycles. The Labute approximate surface area is 119 Å². The first-order valence-electron chi connectivity index (χ1n) is 7.09. The number of nitrogens with zero attached hydrogens (tertiary/aromatic N) is 1. The van der Waals surface area contributed by atoms with Crippen LogP contribution in [-0.2, 0) is 21.6 Å². The summed E-state index contributed by atoms with van der Waals surface area (Å²) in [5, 5.41) is 6.64. The van der Waals surface area contributed by atoms with Crippen molar-refractivity contribution in [1.82, 2.24) is 10.3 Å². The molecule has 1 aromatic rings. The molecule has 2 rings (SSSR count). The molecular weight excluding hydrogens is 260 g/mol. The van der Waals surface area contributed by atoms with Crippen LogP contribution in [0.1, 0.15) is 43.3 Å². The number of nitrogens with one attached hydrogen (secondary N) is 1. The van der Waals surface area contributed by atoms with Gasteiger partial charge >= 0.3 is 0 Å². The van der Waals surface area contributed by atoms with E-state index in [1.54, 1.807) is 18.4 Å². The zero-order valence-electron chi connectivity index (χ0n) is 11.9. The lowest BCUT2D eigenvalue weighted by atomic mass is 10.0. The molecule has 1 aliphatic carbocycles. The number of ether oxygens (including phenoxy) is 2. The Morgan fingerprint density at radius 1 is 1.42 bits per heavy atom. The fourth-order valence-electron chi connectivity index (χ4n) is 2.63. The maximum Gasteiger partial charge on any atom is 0.125 e. The Kier molecular flexibility index (Phi) is 5.76. The summed E-state index contributed by atoms with van der Waals surface area (Å²) in [4.78, 5) is 4.77. The summed E-state index contributed by atoms with van der Waals surface area (Å²) in [6, 6.07) is 0. The van der Waals surface area contributed by atoms with Crippen molar-refractivity contribution in [3.63, 3.8) is 0 Å². The van der Waals surface area contributed by atoms with Crippen LogP contribution in [0.15, 0.2) is 5.38 Å². The third kappa shape index (κ3) is 3.75. The van der Waals surface area contributed by atoms with Crippen molar-refractivity contribution in [2.24, 2.45) is 0 Å². The lowest BCUT2D eigenvalue weighted by Gasteiger charge is -2.26. The van der Waals surface area contributed by atoms with Crippen molar-refractivity contribution in [2.45, 2.75) is 44.8 Å². The molecule has 0 aromatic carbocycles. The Morgan fingerprint density at radius 3 is 2.89 bits per heavy atom. The molecule has 0 unspecified atom stereocenters. The van der Waals surface area contributed by atoms with Crippen molar-refractivity contribution in [3.8, 4) is 0 Å². The normalized spacial score (nSPS) is 18.0. The average molecular weight is 284 g/mol. The van der Waals surface area contributed by atoms with Gasteiger partial charge in [0.1, 0.15) is 10.6 Å². The van der Waals surface area contributed by atoms with Crippen LogP contribution in [-0.4, -0.2) is 31.9 Å². The van der Waals surface area contributed by atoms with E-state index in [2.05, 4.69) is 17.6 Å². The molecule has 1 aliphatic rings. The summed E-state index contributed by atoms with van der Waals surface area (Å²) in [6.45, 7) is 5.24. The summed E-state index contributed by atoms with van der Waals surface area (Å²) in [5.74, 6) is 0. The van der Waals surface area contributed by atoms with Gasteiger partial charge in [0.2, 0.25) is 0 Å². The standard InChI is InChI=1S/C14H24N2O2S/c1-3-18-14(6-4-5-7-14)13-16-12(11-19-13)10-15-8-9-17-2/h11,15H,3-10H2,1-2H3. The first-order chi connectivity index (χ1) is 9.30. The van der Waals surface area contributed by atoms with Gasteiger partial charge in [0.25, 0.3) is 0 Å². The van der Waals surface area contributed by atoms with Gasteiger partial charge in [-0.15, -0.1) is 11.3 Å². The monoisotopic (exact) mass is 284 g/mol. The molecule has 0 bridgehead atoms. The van der Waals surface area contributed by atoms with Gasteiger partial charge in [-0.05, 0) is 19.8 Å². The highest BCUT2D eigenvalue weighted by atomic mass is 32.1. The van der Waals surface area contributed by atoms with Gasteiger partial charge in [0.15, 0.2) is 0 Å². The van der Waals surface area contributed by atoms with Crippen LogP contribution < -0.4 is 5.32 Å². The second-order valence-electron chi connectivity index (χ2n) is 4.95. The Morgan fingerprint density at radius 2 is 2.21 bits per heavy atom. The zero-order chi connectivity index (χ0) is 13.6. The third-order valence-electron chi connectivity index (χ3n) is 3.56. The van der Waals surface area contributed by atoms with Crippen LogP contribution in [0.2, 0.25) is 0 Å². The zero-order valence-corrected chi connectivity index (χ0v) is 12.7. The molecule has 4 nitrogen and oxygen atoms in total. The van der Waals surface area contributed by atoms with Crippen LogP contribution >= 0.6 is 11.3 Å². The van der Waals surface area contributed by atoms with Crippen LogP contribution in [0.25, 0.3) is 0 Å². The van der Waals surface area contributed by atoms with E-state index in [-0.39, 0.29) is 5.60 Å². The van der Waals surface area contributed by atoms with E-state index >= 15 is 0 Å². The van der Waals surface area contributed by atoms with Crippen molar-refractivity contribution in [1.29, 1.82) is 0 Å². The van der Waals surface area contributed by atoms with Gasteiger partial charge in [-0.2, -0.15) is 0 Å². The predicted octanol–water partition coefficient (Wildman–Crippen LogP) is 2.68. The lowest BCUT2D eigenvalue weighted by molar-refractivity contribution is -0.0392. The van der Waals surface area contributed by atoms with Crippen molar-refractivity contribution in [2.75, 3.05) is 26.9 Å². The smallest absolute Gasteiger partial charge is 0.125 e. The van der Waals surface area contributed by atoms with E-state index in [0.717, 1.165) is 49.8 Å². The SMILES string of the molecule is CCOC1(c2nc(CNCCOC)cs2)CCCC1. The second kappa shape index (κ2) is 7.33. The summed E-state index contributed by atoms with van der Waals surface area (Å²) in [5.41, 5.74) is 1.02. The molecule has 1 fully saturated rings. The van der Waals surface area contributed by atoms with Gasteiger partial charge in [0, 0.05) is 32.2 Å². The van der Waals surface area contributed by atoms with Crippen LogP contribution in [0.3, 0.4) is 0 Å². The number of hydrogen-bond acceptors (Lipinski definition) is 5. The largest absolute Gasteiger partial charge is 0.383 e. The molecule has 0 amide bonds. The van der Waals surface area contributed by atoms with Gasteiger partial charge < -0.3 is 14.8 Å². The Bertz CT molecular complexity index is 375. The highest BCUT2D eigenvalue weighted by Gasteiger charge is 2.38. The van der Waals surface area contributed by atoms with Gasteiger partial charge in [0.05, 0.1) is 12.3 Å². The lowest BCUT2D eigenvalue weighted by Crippen LogP contribution is -2.26. The molecule has 1 N–H and O–H groups in total. The molecule has 108 valence electrons. The molecule has 0 spiro atoms. The summed E-state index contributed by atoms with van der Waals surface area (Å²) < 4.78 is 11.1. The molecule has 0 saturated heterocycles. The second-order valence-corrected chi connectivity index (χ2v) is 5.81. The summed E-state index contributed by atoms with van der Waals surface area (Å²) in [6.07, 6.45) is 4.73. The fourth-order valence-corrected chi connectivity index (χ4v) is 3.66. The summed E-state index contributed by atoms with van der Waals surface area (Å²) >= 11 is 1.74. The number of thiazole rings is 1. The predicted molar refractivity (Wildman–Crippen MR) is 77.5 cm³/mol. The summed E-state index contributed by atoms with van der Waals surface area (Å²) in [7, 11) is 1.72. The highest BCUT2D eigenvalue weighted by molar-refractivity contribution is 7.09. The Hall–Kier alpha value is -0.490. The Balaban J connectivity index is 1.94. The van der Waals surface area contributed by atoms with Gasteiger partial charge in [-0.3, -0.25) is 0 Å². The highest BCUT2D eigenvalue weighted by Crippen LogP contribution is 2.43. The molecule has 19 heavy (non-hydrogen) atoms. The average Bonchev–Trinajstić information content (AvgIpc) is 3.05. The third-order valence-corrected chi connectivity index (χ3v) is 4.64. The molecule has 0 atom stereocenters. The molecule has 0 aliphatic heterocycles. The van der Waals surface area contributed by atoms with Crippen molar-refractivity contribution < 1.29 is 9.47 Å². The first-order valence-corrected chi connectivity index (χ1v) is 7.97. The van der Waals surface area contributed by atoms with Crippen molar-refractivity contribution in [3.05, 3.63) is 16.1 Å². The van der Waals surface area contributed by atoms with Crippen molar-refractivity contribution >= 4 is 11.3 Å². The molecule has 1 saturated carbocycles. The molecule has 1 heterocycles. The first kappa shape index (κ1) is 14.9. The van der Waals surface area contributed by atoms with Gasteiger partial charge in [-0.1, -0.05) is 12.8 Å². The van der Waals surface area contributed by atoms with E-state index in [1.165, 1.54) is 12.8 Å². The number of aromatic nitrogens is 1. The van der Waals surface area contributed by atoms with E-state index < -0.39 is 0 Å². The number of methoxy groups -OCH3 is 1. The van der Waals surface area contributed by atoms with Gasteiger partial charge in [-0.25, -0.2) is 4.98 Å². The van der Waals surface area contributed by atoms with Crippen LogP contribution in [0.5, 0.6) is 0 Å². The van der Waals surface area contributed by atoms with E-state index in [9.17, 15) is 0 Å². The van der Waals surface area contributed by atoms with E-state index in [0.29, 0.717) is 0 Å². The molecule has 5 heteroatoms. The fraction of sp³-hybridized carbons (Fsp3) is 0.786. The maximum atomic E-state index is 6.04. The van der Waals surface area contributed by atoms with Crippen LogP contribution in [0.4, 0.5) is 0 Å². The van der Waals surface area contributed by atoms with E-state index in [4.69, 9.17) is 14.5 Å². The molecule has 0 radical (unpaired) electrons. The quantitative estimate of drug-likeness (QED) is 0.745. The number of rotatable bonds is 8.